The van der Waals surface area contributed by atoms with E-state index in [-0.39, 0.29) is 11.0 Å². The van der Waals surface area contributed by atoms with Gasteiger partial charge in [0.1, 0.15) is 5.82 Å². The molecule has 5 aromatic rings. The van der Waals surface area contributed by atoms with E-state index in [1.165, 1.54) is 18.5 Å². The number of pyridine rings is 1. The number of benzene rings is 3. The van der Waals surface area contributed by atoms with E-state index in [4.69, 9.17) is 9.72 Å². The fraction of sp³-hybridized carbons (Fsp3) is 0.250. The minimum absolute atomic E-state index is 0.0706. The Kier molecular flexibility index (Phi) is 7.38. The van der Waals surface area contributed by atoms with Gasteiger partial charge in [0.2, 0.25) is 5.88 Å². The van der Waals surface area contributed by atoms with Gasteiger partial charge in [-0.2, -0.15) is 0 Å². The molecule has 0 bridgehead atoms. The average molecular weight is 557 g/mol. The molecule has 0 saturated carbocycles. The van der Waals surface area contributed by atoms with Crippen molar-refractivity contribution in [1.29, 1.82) is 0 Å². The van der Waals surface area contributed by atoms with Gasteiger partial charge >= 0.3 is 0 Å². The van der Waals surface area contributed by atoms with Crippen molar-refractivity contribution in [3.8, 4) is 22.7 Å². The summed E-state index contributed by atoms with van der Waals surface area (Å²) in [6, 6.07) is 28.3. The van der Waals surface area contributed by atoms with Gasteiger partial charge in [0.25, 0.3) is 5.56 Å². The van der Waals surface area contributed by atoms with Crippen molar-refractivity contribution in [3.63, 3.8) is 0 Å². The highest BCUT2D eigenvalue weighted by atomic mass is 16.5. The van der Waals surface area contributed by atoms with Gasteiger partial charge in [-0.3, -0.25) is 9.36 Å². The fourth-order valence-electron chi connectivity index (χ4n) is 5.49. The Balaban J connectivity index is 1.47. The number of ether oxygens (including phenoxy) is 1. The Bertz CT molecular complexity index is 1830. The van der Waals surface area contributed by atoms with Gasteiger partial charge in [0.15, 0.2) is 0 Å². The average Bonchev–Trinajstić information content (AvgIpc) is 3.55. The summed E-state index contributed by atoms with van der Waals surface area (Å²) in [7, 11) is 1.59. The second-order valence-electron chi connectivity index (χ2n) is 11.8. The van der Waals surface area contributed by atoms with Crippen LogP contribution in [0.4, 0.5) is 5.69 Å². The molecule has 1 fully saturated rings. The van der Waals surface area contributed by atoms with E-state index in [9.17, 15) is 4.79 Å². The number of hydrogen-bond donors (Lipinski definition) is 0. The van der Waals surface area contributed by atoms with Crippen molar-refractivity contribution in [2.75, 3.05) is 25.1 Å². The van der Waals surface area contributed by atoms with Gasteiger partial charge in [-0.1, -0.05) is 57.2 Å². The molecule has 0 atom stereocenters. The minimum Gasteiger partial charge on any atom is -0.481 e. The highest BCUT2D eigenvalue weighted by Crippen LogP contribution is 2.28. The number of nitrogens with zero attached hydrogens (tertiary/aromatic N) is 4. The second-order valence-corrected chi connectivity index (χ2v) is 11.8. The number of anilines is 1. The number of methoxy groups -OCH3 is 1. The molecule has 42 heavy (non-hydrogen) atoms. The highest BCUT2D eigenvalue weighted by Gasteiger charge is 2.18. The van der Waals surface area contributed by atoms with Crippen molar-refractivity contribution in [2.24, 2.45) is 0 Å². The molecule has 6 nitrogen and oxygen atoms in total. The fourth-order valence-corrected chi connectivity index (χ4v) is 5.49. The summed E-state index contributed by atoms with van der Waals surface area (Å²) in [5.74, 6) is 1.06. The Morgan fingerprint density at radius 2 is 1.52 bits per heavy atom. The number of hydrogen-bond acceptors (Lipinski definition) is 5. The highest BCUT2D eigenvalue weighted by molar-refractivity contribution is 5.85. The molecule has 1 aliphatic heterocycles. The van der Waals surface area contributed by atoms with Crippen LogP contribution in [0.15, 0.2) is 89.7 Å². The number of rotatable bonds is 6. The molecular weight excluding hydrogens is 520 g/mol. The standard InChI is InChI=1S/C36H36N4O2/c1-36(2,3)27-9-7-11-30(24-27)40-33(20-16-28-10-8-12-34(37-28)42-4)38-32-19-15-26(23-31(32)35(40)41)25-13-17-29(18-14-25)39-21-5-6-22-39/h7-20,23-24H,5-6,21-22H2,1-4H3/b20-16+. The van der Waals surface area contributed by atoms with Gasteiger partial charge in [0.05, 0.1) is 29.4 Å². The van der Waals surface area contributed by atoms with Crippen LogP contribution in [0.1, 0.15) is 50.7 Å². The largest absolute Gasteiger partial charge is 0.481 e. The van der Waals surface area contributed by atoms with E-state index in [0.717, 1.165) is 35.5 Å². The molecule has 0 aliphatic carbocycles. The van der Waals surface area contributed by atoms with Crippen LogP contribution in [0.5, 0.6) is 5.88 Å². The Morgan fingerprint density at radius 3 is 2.26 bits per heavy atom. The summed E-state index contributed by atoms with van der Waals surface area (Å²) in [6.45, 7) is 8.74. The van der Waals surface area contributed by atoms with Gasteiger partial charge in [-0.05, 0) is 89.6 Å². The molecule has 212 valence electrons. The van der Waals surface area contributed by atoms with Crippen molar-refractivity contribution < 1.29 is 4.74 Å². The van der Waals surface area contributed by atoms with E-state index >= 15 is 0 Å². The first kappa shape index (κ1) is 27.5. The van der Waals surface area contributed by atoms with Crippen LogP contribution < -0.4 is 15.2 Å². The molecule has 1 aliphatic rings. The van der Waals surface area contributed by atoms with Gasteiger partial charge in [-0.25, -0.2) is 9.97 Å². The quantitative estimate of drug-likeness (QED) is 0.216. The van der Waals surface area contributed by atoms with Crippen LogP contribution in [0, 0.1) is 0 Å². The van der Waals surface area contributed by atoms with Crippen LogP contribution in [-0.2, 0) is 5.41 Å². The van der Waals surface area contributed by atoms with Crippen LogP contribution in [0.25, 0.3) is 39.9 Å². The van der Waals surface area contributed by atoms with Gasteiger partial charge in [0, 0.05) is 24.8 Å². The van der Waals surface area contributed by atoms with Crippen molar-refractivity contribution >= 4 is 28.7 Å². The van der Waals surface area contributed by atoms with Crippen molar-refractivity contribution in [2.45, 2.75) is 39.0 Å². The van der Waals surface area contributed by atoms with E-state index in [1.54, 1.807) is 17.7 Å². The van der Waals surface area contributed by atoms with Crippen LogP contribution in [0.2, 0.25) is 0 Å². The zero-order chi connectivity index (χ0) is 29.3. The Hall–Kier alpha value is -4.71. The van der Waals surface area contributed by atoms with E-state index in [1.807, 2.05) is 54.6 Å². The predicted molar refractivity (Wildman–Crippen MR) is 173 cm³/mol. The lowest BCUT2D eigenvalue weighted by molar-refractivity contribution is 0.397. The Morgan fingerprint density at radius 1 is 0.786 bits per heavy atom. The Labute approximate surface area is 247 Å². The third-order valence-corrected chi connectivity index (χ3v) is 7.89. The maximum atomic E-state index is 14.3. The third kappa shape index (κ3) is 5.57. The molecule has 0 amide bonds. The number of fused-ring (bicyclic) bond motifs is 1. The topological polar surface area (TPSA) is 60.2 Å². The van der Waals surface area contributed by atoms with Crippen molar-refractivity contribution in [3.05, 3.63) is 112 Å². The first-order chi connectivity index (χ1) is 20.3. The summed E-state index contributed by atoms with van der Waals surface area (Å²) in [4.78, 5) is 26.2. The molecule has 3 aromatic carbocycles. The zero-order valence-corrected chi connectivity index (χ0v) is 24.7. The predicted octanol–water partition coefficient (Wildman–Crippen LogP) is 7.52. The van der Waals surface area contributed by atoms with Gasteiger partial charge in [-0.15, -0.1) is 0 Å². The molecule has 0 radical (unpaired) electrons. The molecule has 6 heteroatoms. The normalized spacial score (nSPS) is 13.8. The van der Waals surface area contributed by atoms with E-state index < -0.39 is 0 Å². The van der Waals surface area contributed by atoms with E-state index in [0.29, 0.717) is 28.3 Å². The lowest BCUT2D eigenvalue weighted by atomic mass is 9.87. The first-order valence-corrected chi connectivity index (χ1v) is 14.5. The lowest BCUT2D eigenvalue weighted by Gasteiger charge is -2.21. The molecular formula is C36H36N4O2. The molecule has 6 rings (SSSR count). The summed E-state index contributed by atoms with van der Waals surface area (Å²) in [5.41, 5.74) is 6.43. The number of aromatic nitrogens is 3. The van der Waals surface area contributed by atoms with Crippen LogP contribution in [0.3, 0.4) is 0 Å². The minimum atomic E-state index is -0.111. The molecule has 3 heterocycles. The molecule has 0 unspecified atom stereocenters. The second kappa shape index (κ2) is 11.3. The SMILES string of the molecule is COc1cccc(/C=C/c2nc3ccc(-c4ccc(N5CCCC5)cc4)cc3c(=O)n2-c2cccc(C(C)(C)C)c2)n1. The third-order valence-electron chi connectivity index (χ3n) is 7.89. The van der Waals surface area contributed by atoms with E-state index in [2.05, 4.69) is 67.1 Å². The first-order valence-electron chi connectivity index (χ1n) is 14.5. The summed E-state index contributed by atoms with van der Waals surface area (Å²) in [6.07, 6.45) is 6.20. The van der Waals surface area contributed by atoms with Crippen LogP contribution in [-0.4, -0.2) is 34.7 Å². The van der Waals surface area contributed by atoms with Crippen molar-refractivity contribution in [1.82, 2.24) is 14.5 Å². The smallest absolute Gasteiger partial charge is 0.266 e. The monoisotopic (exact) mass is 556 g/mol. The zero-order valence-electron chi connectivity index (χ0n) is 24.7. The molecule has 0 N–H and O–H groups in total. The lowest BCUT2D eigenvalue weighted by Crippen LogP contribution is -2.23. The maximum absolute atomic E-state index is 14.3. The summed E-state index contributed by atoms with van der Waals surface area (Å²) in [5, 5.41) is 0.578. The summed E-state index contributed by atoms with van der Waals surface area (Å²) >= 11 is 0. The molecule has 0 spiro atoms. The maximum Gasteiger partial charge on any atom is 0.266 e. The van der Waals surface area contributed by atoms with Crippen LogP contribution >= 0.6 is 0 Å². The summed E-state index contributed by atoms with van der Waals surface area (Å²) < 4.78 is 6.99. The van der Waals surface area contributed by atoms with Gasteiger partial charge < -0.3 is 9.64 Å². The molecule has 2 aromatic heterocycles. The molecule has 1 saturated heterocycles.